The quantitative estimate of drug-likeness (QED) is 0.705. The molecule has 3 heterocycles. The van der Waals surface area contributed by atoms with E-state index in [1.807, 2.05) is 0 Å². The molecule has 3 aromatic rings. The molecule has 0 saturated carbocycles. The number of anilines is 1. The zero-order valence-electron chi connectivity index (χ0n) is 11.6. The van der Waals surface area contributed by atoms with Crippen LogP contribution in [0.15, 0.2) is 48.8 Å². The SMILES string of the molecule is Cc1ccc(-c2cn3ccc(N4CCC4)cc3n2)cc1. The van der Waals surface area contributed by atoms with E-state index >= 15 is 0 Å². The van der Waals surface area contributed by atoms with Crippen LogP contribution in [0.1, 0.15) is 12.0 Å². The number of pyridine rings is 1. The Kier molecular flexibility index (Phi) is 2.52. The van der Waals surface area contributed by atoms with Crippen LogP contribution in [0.3, 0.4) is 0 Å². The fourth-order valence-electron chi connectivity index (χ4n) is 2.61. The maximum atomic E-state index is 4.75. The van der Waals surface area contributed by atoms with E-state index in [9.17, 15) is 0 Å². The molecule has 0 spiro atoms. The molecular formula is C17H17N3. The number of aryl methyl sites for hydroxylation is 1. The van der Waals surface area contributed by atoms with Crippen molar-refractivity contribution in [1.82, 2.24) is 9.38 Å². The maximum absolute atomic E-state index is 4.75. The zero-order valence-corrected chi connectivity index (χ0v) is 11.6. The molecule has 0 radical (unpaired) electrons. The third kappa shape index (κ3) is 1.86. The summed E-state index contributed by atoms with van der Waals surface area (Å²) in [6, 6.07) is 12.9. The van der Waals surface area contributed by atoms with E-state index in [4.69, 9.17) is 4.98 Å². The summed E-state index contributed by atoms with van der Waals surface area (Å²) in [5.41, 5.74) is 5.78. The summed E-state index contributed by atoms with van der Waals surface area (Å²) in [5.74, 6) is 0. The van der Waals surface area contributed by atoms with E-state index in [1.165, 1.54) is 36.3 Å². The van der Waals surface area contributed by atoms with Gasteiger partial charge in [0.25, 0.3) is 0 Å². The lowest BCUT2D eigenvalue weighted by atomic mass is 10.1. The molecule has 3 heteroatoms. The van der Waals surface area contributed by atoms with Crippen LogP contribution in [0.25, 0.3) is 16.9 Å². The van der Waals surface area contributed by atoms with E-state index in [0.717, 1.165) is 11.3 Å². The molecule has 4 rings (SSSR count). The van der Waals surface area contributed by atoms with Gasteiger partial charge in [-0.05, 0) is 19.4 Å². The average Bonchev–Trinajstić information content (AvgIpc) is 2.80. The van der Waals surface area contributed by atoms with Crippen molar-refractivity contribution in [1.29, 1.82) is 0 Å². The largest absolute Gasteiger partial charge is 0.371 e. The van der Waals surface area contributed by atoms with Gasteiger partial charge in [-0.25, -0.2) is 4.98 Å². The molecular weight excluding hydrogens is 246 g/mol. The minimum Gasteiger partial charge on any atom is -0.371 e. The van der Waals surface area contributed by atoms with Gasteiger partial charge in [0.15, 0.2) is 0 Å². The van der Waals surface area contributed by atoms with Crippen molar-refractivity contribution in [3.8, 4) is 11.3 Å². The molecule has 1 aliphatic heterocycles. The third-order valence-electron chi connectivity index (χ3n) is 4.01. The van der Waals surface area contributed by atoms with Crippen molar-refractivity contribution in [3.05, 3.63) is 54.4 Å². The molecule has 1 fully saturated rings. The van der Waals surface area contributed by atoms with Crippen LogP contribution in [-0.2, 0) is 0 Å². The fraction of sp³-hybridized carbons (Fsp3) is 0.235. The van der Waals surface area contributed by atoms with Gasteiger partial charge in [-0.15, -0.1) is 0 Å². The summed E-state index contributed by atoms with van der Waals surface area (Å²) in [5, 5.41) is 0. The van der Waals surface area contributed by atoms with Crippen LogP contribution in [0.4, 0.5) is 5.69 Å². The first-order chi connectivity index (χ1) is 9.79. The molecule has 0 bridgehead atoms. The predicted molar refractivity (Wildman–Crippen MR) is 82.2 cm³/mol. The number of nitrogens with zero attached hydrogens (tertiary/aromatic N) is 3. The molecule has 1 aromatic carbocycles. The summed E-state index contributed by atoms with van der Waals surface area (Å²) >= 11 is 0. The molecule has 1 aliphatic rings. The first kappa shape index (κ1) is 11.5. The Morgan fingerprint density at radius 2 is 1.85 bits per heavy atom. The second-order valence-electron chi connectivity index (χ2n) is 5.48. The number of imidazole rings is 1. The Bertz CT molecular complexity index is 752. The number of aromatic nitrogens is 2. The van der Waals surface area contributed by atoms with Gasteiger partial charge in [0, 0.05) is 42.8 Å². The van der Waals surface area contributed by atoms with Gasteiger partial charge in [-0.2, -0.15) is 0 Å². The van der Waals surface area contributed by atoms with E-state index in [2.05, 4.69) is 65.0 Å². The Balaban J connectivity index is 1.76. The van der Waals surface area contributed by atoms with Crippen molar-refractivity contribution in [2.24, 2.45) is 0 Å². The Morgan fingerprint density at radius 3 is 2.55 bits per heavy atom. The van der Waals surface area contributed by atoms with Crippen LogP contribution in [0.2, 0.25) is 0 Å². The summed E-state index contributed by atoms with van der Waals surface area (Å²) < 4.78 is 2.10. The molecule has 100 valence electrons. The van der Waals surface area contributed by atoms with Crippen molar-refractivity contribution in [2.75, 3.05) is 18.0 Å². The van der Waals surface area contributed by atoms with Crippen molar-refractivity contribution in [3.63, 3.8) is 0 Å². The van der Waals surface area contributed by atoms with Gasteiger partial charge in [-0.1, -0.05) is 29.8 Å². The Labute approximate surface area is 118 Å². The first-order valence-corrected chi connectivity index (χ1v) is 7.10. The molecule has 20 heavy (non-hydrogen) atoms. The molecule has 2 aromatic heterocycles. The maximum Gasteiger partial charge on any atom is 0.139 e. The first-order valence-electron chi connectivity index (χ1n) is 7.10. The fourth-order valence-corrected chi connectivity index (χ4v) is 2.61. The van der Waals surface area contributed by atoms with Crippen molar-refractivity contribution in [2.45, 2.75) is 13.3 Å². The molecule has 0 unspecified atom stereocenters. The number of hydrogen-bond acceptors (Lipinski definition) is 2. The van der Waals surface area contributed by atoms with Crippen LogP contribution in [0.5, 0.6) is 0 Å². The number of hydrogen-bond donors (Lipinski definition) is 0. The molecule has 0 aliphatic carbocycles. The summed E-state index contributed by atoms with van der Waals surface area (Å²) in [4.78, 5) is 7.14. The smallest absolute Gasteiger partial charge is 0.139 e. The number of fused-ring (bicyclic) bond motifs is 1. The van der Waals surface area contributed by atoms with Crippen LogP contribution >= 0.6 is 0 Å². The lowest BCUT2D eigenvalue weighted by molar-refractivity contribution is 0.617. The molecule has 3 nitrogen and oxygen atoms in total. The normalized spacial score (nSPS) is 14.6. The lowest BCUT2D eigenvalue weighted by Gasteiger charge is -2.33. The van der Waals surface area contributed by atoms with Crippen LogP contribution in [-0.4, -0.2) is 22.5 Å². The second-order valence-corrected chi connectivity index (χ2v) is 5.48. The highest BCUT2D eigenvalue weighted by Crippen LogP contribution is 2.24. The predicted octanol–water partition coefficient (Wildman–Crippen LogP) is 3.52. The van der Waals surface area contributed by atoms with Gasteiger partial charge >= 0.3 is 0 Å². The summed E-state index contributed by atoms with van der Waals surface area (Å²) in [6.45, 7) is 4.44. The molecule has 0 N–H and O–H groups in total. The van der Waals surface area contributed by atoms with Gasteiger partial charge in [-0.3, -0.25) is 0 Å². The van der Waals surface area contributed by atoms with Crippen molar-refractivity contribution < 1.29 is 0 Å². The topological polar surface area (TPSA) is 20.5 Å². The molecule has 0 atom stereocenters. The molecule has 0 amide bonds. The summed E-state index contributed by atoms with van der Waals surface area (Å²) in [6.07, 6.45) is 5.50. The van der Waals surface area contributed by atoms with Crippen LogP contribution < -0.4 is 4.90 Å². The minimum atomic E-state index is 1.02. The third-order valence-corrected chi connectivity index (χ3v) is 4.01. The Hall–Kier alpha value is -2.29. The highest BCUT2D eigenvalue weighted by molar-refractivity contribution is 5.65. The number of benzene rings is 1. The van der Waals surface area contributed by atoms with Gasteiger partial charge in [0.05, 0.1) is 5.69 Å². The standard InChI is InChI=1S/C17H17N3/c1-13-3-5-14(6-4-13)16-12-20-10-7-15(11-17(20)18-16)19-8-2-9-19/h3-7,10-12H,2,8-9H2,1H3. The van der Waals surface area contributed by atoms with E-state index in [1.54, 1.807) is 0 Å². The van der Waals surface area contributed by atoms with E-state index in [0.29, 0.717) is 0 Å². The monoisotopic (exact) mass is 263 g/mol. The highest BCUT2D eigenvalue weighted by atomic mass is 15.2. The lowest BCUT2D eigenvalue weighted by Crippen LogP contribution is -2.36. The number of rotatable bonds is 2. The van der Waals surface area contributed by atoms with Gasteiger partial charge in [0.1, 0.15) is 5.65 Å². The average molecular weight is 263 g/mol. The van der Waals surface area contributed by atoms with Crippen molar-refractivity contribution >= 4 is 11.3 Å². The van der Waals surface area contributed by atoms with Crippen LogP contribution in [0, 0.1) is 6.92 Å². The second kappa shape index (κ2) is 4.37. The minimum absolute atomic E-state index is 1.02. The van der Waals surface area contributed by atoms with Gasteiger partial charge < -0.3 is 9.30 Å². The van der Waals surface area contributed by atoms with Gasteiger partial charge in [0.2, 0.25) is 0 Å². The van der Waals surface area contributed by atoms with E-state index in [-0.39, 0.29) is 0 Å². The highest BCUT2D eigenvalue weighted by Gasteiger charge is 2.15. The zero-order chi connectivity index (χ0) is 13.5. The molecule has 1 saturated heterocycles. The van der Waals surface area contributed by atoms with E-state index < -0.39 is 0 Å². The Morgan fingerprint density at radius 1 is 1.05 bits per heavy atom. The summed E-state index contributed by atoms with van der Waals surface area (Å²) in [7, 11) is 0.